The molecule has 0 aromatic carbocycles. The lowest BCUT2D eigenvalue weighted by Gasteiger charge is -2.23. The second-order valence-corrected chi connectivity index (χ2v) is 8.23. The van der Waals surface area contributed by atoms with Crippen LogP contribution in [-0.4, -0.2) is 25.5 Å². The summed E-state index contributed by atoms with van der Waals surface area (Å²) in [5.41, 5.74) is 3.87. The van der Waals surface area contributed by atoms with Gasteiger partial charge in [-0.1, -0.05) is 13.8 Å². The highest BCUT2D eigenvalue weighted by molar-refractivity contribution is 6.03. The van der Waals surface area contributed by atoms with Crippen LogP contribution < -0.4 is 5.32 Å². The van der Waals surface area contributed by atoms with Gasteiger partial charge in [-0.15, -0.1) is 0 Å². The van der Waals surface area contributed by atoms with Crippen molar-refractivity contribution in [3.05, 3.63) is 28.8 Å². The van der Waals surface area contributed by atoms with Crippen molar-refractivity contribution in [2.75, 3.05) is 5.32 Å². The van der Waals surface area contributed by atoms with Crippen molar-refractivity contribution in [1.82, 2.24) is 19.6 Å². The number of hydrogen-bond acceptors (Lipinski definition) is 3. The molecule has 0 aliphatic rings. The van der Waals surface area contributed by atoms with E-state index in [-0.39, 0.29) is 17.5 Å². The van der Waals surface area contributed by atoms with E-state index >= 15 is 0 Å². The Balaban J connectivity index is 2.37. The van der Waals surface area contributed by atoms with E-state index in [1.165, 1.54) is 0 Å². The third-order valence-corrected chi connectivity index (χ3v) is 4.25. The summed E-state index contributed by atoms with van der Waals surface area (Å²) in [6.45, 7) is 18.5. The molecule has 1 amide bonds. The summed E-state index contributed by atoms with van der Waals surface area (Å²) in [4.78, 5) is 12.8. The van der Waals surface area contributed by atoms with E-state index < -0.39 is 0 Å². The van der Waals surface area contributed by atoms with Crippen molar-refractivity contribution in [1.29, 1.82) is 0 Å². The minimum atomic E-state index is -0.195. The molecule has 0 aliphatic carbocycles. The van der Waals surface area contributed by atoms with Gasteiger partial charge in [-0.05, 0) is 60.5 Å². The number of aromatic nitrogens is 4. The van der Waals surface area contributed by atoms with Crippen LogP contribution in [0.5, 0.6) is 0 Å². The van der Waals surface area contributed by atoms with E-state index in [2.05, 4.69) is 64.0 Å². The third-order valence-electron chi connectivity index (χ3n) is 4.25. The first-order valence-corrected chi connectivity index (χ1v) is 8.91. The standard InChI is InChI=1S/C19H31N5O/c1-11(2)16-10-15(22-24(16)19(7,8)9)18(25)20-17-13(5)21-23(12(3)4)14(17)6/h10-12H,1-9H3,(H,20,25). The van der Waals surface area contributed by atoms with Gasteiger partial charge in [0.1, 0.15) is 0 Å². The first kappa shape index (κ1) is 19.2. The van der Waals surface area contributed by atoms with Crippen LogP contribution in [0.4, 0.5) is 5.69 Å². The monoisotopic (exact) mass is 345 g/mol. The Kier molecular flexibility index (Phi) is 5.11. The molecule has 2 heterocycles. The SMILES string of the molecule is Cc1nn(C(C)C)c(C)c1NC(=O)c1cc(C(C)C)n(C(C)(C)C)n1. The van der Waals surface area contributed by atoms with Gasteiger partial charge in [-0.2, -0.15) is 10.2 Å². The topological polar surface area (TPSA) is 64.7 Å². The van der Waals surface area contributed by atoms with Gasteiger partial charge in [0.2, 0.25) is 0 Å². The molecule has 138 valence electrons. The number of carbonyl (C=O) groups excluding carboxylic acids is 1. The fourth-order valence-electron chi connectivity index (χ4n) is 2.98. The third kappa shape index (κ3) is 3.78. The van der Waals surface area contributed by atoms with E-state index in [1.54, 1.807) is 0 Å². The van der Waals surface area contributed by atoms with E-state index in [1.807, 2.05) is 29.3 Å². The molecule has 1 N–H and O–H groups in total. The van der Waals surface area contributed by atoms with Crippen molar-refractivity contribution in [3.63, 3.8) is 0 Å². The van der Waals surface area contributed by atoms with Gasteiger partial charge in [-0.25, -0.2) is 0 Å². The Labute approximate surface area is 150 Å². The van der Waals surface area contributed by atoms with Crippen LogP contribution >= 0.6 is 0 Å². The van der Waals surface area contributed by atoms with E-state index in [0.717, 1.165) is 22.8 Å². The summed E-state index contributed by atoms with van der Waals surface area (Å²) in [7, 11) is 0. The normalized spacial score (nSPS) is 12.3. The molecule has 25 heavy (non-hydrogen) atoms. The Morgan fingerprint density at radius 2 is 1.72 bits per heavy atom. The molecule has 2 aromatic heterocycles. The maximum Gasteiger partial charge on any atom is 0.276 e. The minimum absolute atomic E-state index is 0.174. The number of hydrogen-bond donors (Lipinski definition) is 1. The average Bonchev–Trinajstić information content (AvgIpc) is 3.04. The van der Waals surface area contributed by atoms with Gasteiger partial charge in [0.15, 0.2) is 5.69 Å². The van der Waals surface area contributed by atoms with Gasteiger partial charge in [0, 0.05) is 11.7 Å². The van der Waals surface area contributed by atoms with Gasteiger partial charge in [0.25, 0.3) is 5.91 Å². The van der Waals surface area contributed by atoms with Crippen molar-refractivity contribution >= 4 is 11.6 Å². The second kappa shape index (κ2) is 6.65. The van der Waals surface area contributed by atoms with Crippen LogP contribution in [0.15, 0.2) is 6.07 Å². The van der Waals surface area contributed by atoms with E-state index in [0.29, 0.717) is 11.6 Å². The summed E-state index contributed by atoms with van der Waals surface area (Å²) in [5, 5.41) is 12.1. The molecular formula is C19H31N5O. The van der Waals surface area contributed by atoms with Crippen LogP contribution in [-0.2, 0) is 5.54 Å². The molecular weight excluding hydrogens is 314 g/mol. The number of anilines is 1. The number of carbonyl (C=O) groups is 1. The van der Waals surface area contributed by atoms with Crippen molar-refractivity contribution in [2.45, 2.75) is 79.8 Å². The smallest absolute Gasteiger partial charge is 0.276 e. The molecule has 0 bridgehead atoms. The predicted molar refractivity (Wildman–Crippen MR) is 101 cm³/mol. The summed E-state index contributed by atoms with van der Waals surface area (Å²) < 4.78 is 3.88. The van der Waals surface area contributed by atoms with E-state index in [9.17, 15) is 4.79 Å². The Morgan fingerprint density at radius 1 is 1.12 bits per heavy atom. The zero-order valence-corrected chi connectivity index (χ0v) is 16.9. The van der Waals surface area contributed by atoms with Gasteiger partial charge in [-0.3, -0.25) is 14.2 Å². The molecule has 2 aromatic rings. The van der Waals surface area contributed by atoms with Crippen LogP contribution in [0.3, 0.4) is 0 Å². The highest BCUT2D eigenvalue weighted by Crippen LogP contribution is 2.26. The molecule has 0 fully saturated rings. The quantitative estimate of drug-likeness (QED) is 0.893. The van der Waals surface area contributed by atoms with Crippen LogP contribution in [0.2, 0.25) is 0 Å². The number of amides is 1. The highest BCUT2D eigenvalue weighted by atomic mass is 16.2. The van der Waals surface area contributed by atoms with Gasteiger partial charge < -0.3 is 5.32 Å². The molecule has 2 rings (SSSR count). The largest absolute Gasteiger partial charge is 0.317 e. The molecule has 6 nitrogen and oxygen atoms in total. The maximum atomic E-state index is 12.8. The summed E-state index contributed by atoms with van der Waals surface area (Å²) in [5.74, 6) is 0.0971. The molecule has 0 aliphatic heterocycles. The Hall–Kier alpha value is -2.11. The molecule has 0 unspecified atom stereocenters. The predicted octanol–water partition coefficient (Wildman–Crippen LogP) is 4.41. The number of nitrogens with one attached hydrogen (secondary N) is 1. The summed E-state index contributed by atoms with van der Waals surface area (Å²) in [6.07, 6.45) is 0. The number of nitrogens with zero attached hydrogens (tertiary/aromatic N) is 4. The fourth-order valence-corrected chi connectivity index (χ4v) is 2.98. The number of aryl methyl sites for hydroxylation is 1. The van der Waals surface area contributed by atoms with Crippen molar-refractivity contribution in [3.8, 4) is 0 Å². The van der Waals surface area contributed by atoms with Crippen molar-refractivity contribution < 1.29 is 4.79 Å². The highest BCUT2D eigenvalue weighted by Gasteiger charge is 2.24. The molecule has 0 atom stereocenters. The Morgan fingerprint density at radius 3 is 2.12 bits per heavy atom. The number of rotatable bonds is 4. The van der Waals surface area contributed by atoms with E-state index in [4.69, 9.17) is 0 Å². The lowest BCUT2D eigenvalue weighted by molar-refractivity contribution is 0.102. The van der Waals surface area contributed by atoms with Crippen LogP contribution in [0.1, 0.15) is 88.0 Å². The Bertz CT molecular complexity index is 775. The van der Waals surface area contributed by atoms with Gasteiger partial charge >= 0.3 is 0 Å². The molecule has 0 spiro atoms. The summed E-state index contributed by atoms with van der Waals surface area (Å²) in [6, 6.07) is 2.14. The first-order chi connectivity index (χ1) is 11.4. The summed E-state index contributed by atoms with van der Waals surface area (Å²) >= 11 is 0. The molecule has 0 radical (unpaired) electrons. The zero-order valence-electron chi connectivity index (χ0n) is 16.9. The zero-order chi connectivity index (χ0) is 19.1. The molecule has 0 saturated heterocycles. The first-order valence-electron chi connectivity index (χ1n) is 8.91. The lowest BCUT2D eigenvalue weighted by Crippen LogP contribution is -2.26. The maximum absolute atomic E-state index is 12.8. The van der Waals surface area contributed by atoms with Crippen LogP contribution in [0, 0.1) is 13.8 Å². The average molecular weight is 345 g/mol. The second-order valence-electron chi connectivity index (χ2n) is 8.23. The fraction of sp³-hybridized carbons (Fsp3) is 0.632. The van der Waals surface area contributed by atoms with Gasteiger partial charge in [0.05, 0.1) is 22.6 Å². The molecule has 0 saturated carbocycles. The lowest BCUT2D eigenvalue weighted by atomic mass is 10.1. The minimum Gasteiger partial charge on any atom is -0.317 e. The molecule has 6 heteroatoms. The van der Waals surface area contributed by atoms with Crippen LogP contribution in [0.25, 0.3) is 0 Å². The van der Waals surface area contributed by atoms with Crippen molar-refractivity contribution in [2.24, 2.45) is 0 Å².